The zero-order chi connectivity index (χ0) is 18.2. The fourth-order valence-corrected chi connectivity index (χ4v) is 3.30. The van der Waals surface area contributed by atoms with Crippen molar-refractivity contribution < 1.29 is 9.15 Å². The molecule has 0 unspecified atom stereocenters. The molecule has 3 rings (SSSR count). The molecule has 0 atom stereocenters. The highest BCUT2D eigenvalue weighted by Crippen LogP contribution is 2.22. The van der Waals surface area contributed by atoms with Crippen LogP contribution in [0, 0.1) is 0 Å². The molecular weight excluding hydrogens is 324 g/mol. The van der Waals surface area contributed by atoms with Crippen LogP contribution in [0.2, 0.25) is 0 Å². The van der Waals surface area contributed by atoms with E-state index in [4.69, 9.17) is 9.15 Å². The summed E-state index contributed by atoms with van der Waals surface area (Å²) in [6.07, 6.45) is 10.2. The Hall–Kier alpha value is -2.29. The quantitative estimate of drug-likeness (QED) is 0.310. The van der Waals surface area contributed by atoms with E-state index in [9.17, 15) is 4.79 Å². The van der Waals surface area contributed by atoms with E-state index in [2.05, 4.69) is 6.92 Å². The zero-order valence-corrected chi connectivity index (χ0v) is 15.6. The monoisotopic (exact) mass is 352 g/mol. The smallest absolute Gasteiger partial charge is 0.200 e. The molecule has 0 N–H and O–H groups in total. The fraction of sp³-hybridized carbons (Fsp3) is 0.435. The van der Waals surface area contributed by atoms with Gasteiger partial charge in [-0.15, -0.1) is 0 Å². The third-order valence-corrected chi connectivity index (χ3v) is 4.81. The molecule has 0 radical (unpaired) electrons. The molecule has 0 fully saturated rings. The minimum atomic E-state index is -0.000575. The number of benzene rings is 2. The van der Waals surface area contributed by atoms with Crippen molar-refractivity contribution >= 4 is 21.9 Å². The number of rotatable bonds is 10. The molecule has 0 saturated carbocycles. The van der Waals surface area contributed by atoms with Crippen molar-refractivity contribution in [2.75, 3.05) is 6.61 Å². The molecule has 26 heavy (non-hydrogen) atoms. The van der Waals surface area contributed by atoms with Crippen LogP contribution in [-0.2, 0) is 0 Å². The first kappa shape index (κ1) is 18.5. The summed E-state index contributed by atoms with van der Waals surface area (Å²) in [6.45, 7) is 2.94. The Kier molecular flexibility index (Phi) is 6.70. The van der Waals surface area contributed by atoms with E-state index in [-0.39, 0.29) is 5.43 Å². The lowest BCUT2D eigenvalue weighted by molar-refractivity contribution is 0.304. The van der Waals surface area contributed by atoms with E-state index in [0.29, 0.717) is 28.5 Å². The van der Waals surface area contributed by atoms with E-state index >= 15 is 0 Å². The summed E-state index contributed by atoms with van der Waals surface area (Å²) in [5.41, 5.74) is 1.23. The van der Waals surface area contributed by atoms with Gasteiger partial charge in [-0.3, -0.25) is 4.79 Å². The van der Waals surface area contributed by atoms with Crippen molar-refractivity contribution in [3.05, 3.63) is 52.7 Å². The molecule has 1 aromatic heterocycles. The average molecular weight is 352 g/mol. The Balaban J connectivity index is 1.54. The number of hydrogen-bond donors (Lipinski definition) is 0. The molecule has 3 heteroatoms. The maximum absolute atomic E-state index is 12.6. The van der Waals surface area contributed by atoms with E-state index in [1.54, 1.807) is 12.1 Å². The summed E-state index contributed by atoms with van der Waals surface area (Å²) in [6, 6.07) is 12.9. The molecule has 0 spiro atoms. The first-order chi connectivity index (χ1) is 12.8. The van der Waals surface area contributed by atoms with E-state index in [1.807, 2.05) is 30.3 Å². The van der Waals surface area contributed by atoms with Crippen LogP contribution < -0.4 is 10.2 Å². The molecule has 0 amide bonds. The summed E-state index contributed by atoms with van der Waals surface area (Å²) in [7, 11) is 0. The molecule has 0 aliphatic heterocycles. The first-order valence-corrected chi connectivity index (χ1v) is 9.88. The van der Waals surface area contributed by atoms with E-state index < -0.39 is 0 Å². The van der Waals surface area contributed by atoms with Gasteiger partial charge < -0.3 is 9.15 Å². The molecule has 3 nitrogen and oxygen atoms in total. The molecule has 1 heterocycles. The highest BCUT2D eigenvalue weighted by Gasteiger charge is 2.08. The van der Waals surface area contributed by atoms with Crippen molar-refractivity contribution in [2.45, 2.75) is 58.3 Å². The van der Waals surface area contributed by atoms with Gasteiger partial charge in [0.25, 0.3) is 0 Å². The molecule has 0 aliphatic carbocycles. The minimum absolute atomic E-state index is 0.000575. The third kappa shape index (κ3) is 4.66. The van der Waals surface area contributed by atoms with Gasteiger partial charge in [-0.05, 0) is 36.8 Å². The lowest BCUT2D eigenvalue weighted by Crippen LogP contribution is -2.03. The second kappa shape index (κ2) is 9.42. The van der Waals surface area contributed by atoms with Crippen LogP contribution in [-0.4, -0.2) is 6.61 Å². The van der Waals surface area contributed by atoms with Gasteiger partial charge in [0, 0.05) is 0 Å². The van der Waals surface area contributed by atoms with Crippen molar-refractivity contribution in [1.82, 2.24) is 0 Å². The van der Waals surface area contributed by atoms with Crippen LogP contribution >= 0.6 is 0 Å². The lowest BCUT2D eigenvalue weighted by atomic mass is 10.1. The van der Waals surface area contributed by atoms with Gasteiger partial charge in [0.2, 0.25) is 5.43 Å². The third-order valence-electron chi connectivity index (χ3n) is 4.81. The molecule has 2 aromatic carbocycles. The van der Waals surface area contributed by atoms with E-state index in [1.165, 1.54) is 44.9 Å². The Morgan fingerprint density at radius 2 is 1.50 bits per heavy atom. The summed E-state index contributed by atoms with van der Waals surface area (Å²) >= 11 is 0. The number of para-hydroxylation sites is 1. The normalized spacial score (nSPS) is 11.3. The molecule has 0 bridgehead atoms. The highest BCUT2D eigenvalue weighted by molar-refractivity contribution is 5.90. The van der Waals surface area contributed by atoms with Crippen LogP contribution in [0.25, 0.3) is 21.9 Å². The maximum Gasteiger partial charge on any atom is 0.200 e. The van der Waals surface area contributed by atoms with Crippen LogP contribution in [0.4, 0.5) is 0 Å². The minimum Gasteiger partial charge on any atom is -0.494 e. The predicted octanol–water partition coefficient (Wildman–Crippen LogP) is 6.47. The van der Waals surface area contributed by atoms with Gasteiger partial charge in [-0.25, -0.2) is 0 Å². The largest absolute Gasteiger partial charge is 0.494 e. The van der Waals surface area contributed by atoms with Crippen LogP contribution in [0.15, 0.2) is 51.7 Å². The van der Waals surface area contributed by atoms with Gasteiger partial charge in [0.15, 0.2) is 0 Å². The number of hydrogen-bond acceptors (Lipinski definition) is 3. The van der Waals surface area contributed by atoms with Crippen molar-refractivity contribution in [1.29, 1.82) is 0 Å². The Morgan fingerprint density at radius 1 is 0.808 bits per heavy atom. The summed E-state index contributed by atoms with van der Waals surface area (Å²) in [5, 5.41) is 1.19. The van der Waals surface area contributed by atoms with Crippen molar-refractivity contribution in [2.24, 2.45) is 0 Å². The molecule has 3 aromatic rings. The van der Waals surface area contributed by atoms with Crippen molar-refractivity contribution in [3.63, 3.8) is 0 Å². The first-order valence-electron chi connectivity index (χ1n) is 9.88. The number of fused-ring (bicyclic) bond motifs is 2. The topological polar surface area (TPSA) is 39.4 Å². The van der Waals surface area contributed by atoms with Crippen LogP contribution in [0.3, 0.4) is 0 Å². The van der Waals surface area contributed by atoms with Gasteiger partial charge in [-0.1, -0.05) is 64.0 Å². The standard InChI is InChI=1S/C23H28O3/c1-2-3-4-5-6-7-8-11-16-25-18-14-15-22-20(17-18)23(24)19-12-9-10-13-21(19)26-22/h9-10,12-15,17H,2-8,11,16H2,1H3. The highest BCUT2D eigenvalue weighted by atomic mass is 16.5. The lowest BCUT2D eigenvalue weighted by Gasteiger charge is -2.07. The molecule has 0 saturated heterocycles. The molecular formula is C23H28O3. The average Bonchev–Trinajstić information content (AvgIpc) is 2.67. The van der Waals surface area contributed by atoms with Crippen LogP contribution in [0.5, 0.6) is 5.75 Å². The van der Waals surface area contributed by atoms with E-state index in [0.717, 1.165) is 12.2 Å². The summed E-state index contributed by atoms with van der Waals surface area (Å²) in [5.74, 6) is 0.739. The Morgan fingerprint density at radius 3 is 2.31 bits per heavy atom. The summed E-state index contributed by atoms with van der Waals surface area (Å²) in [4.78, 5) is 12.6. The number of unbranched alkanes of at least 4 members (excludes halogenated alkanes) is 7. The zero-order valence-electron chi connectivity index (χ0n) is 15.6. The van der Waals surface area contributed by atoms with Gasteiger partial charge in [0.05, 0.1) is 17.4 Å². The molecule has 0 aliphatic rings. The van der Waals surface area contributed by atoms with Crippen LogP contribution in [0.1, 0.15) is 58.3 Å². The SMILES string of the molecule is CCCCCCCCCCOc1ccc2oc3ccccc3c(=O)c2c1. The Labute approximate surface area is 155 Å². The van der Waals surface area contributed by atoms with Gasteiger partial charge >= 0.3 is 0 Å². The predicted molar refractivity (Wildman–Crippen MR) is 108 cm³/mol. The Bertz CT molecular complexity index is 895. The maximum atomic E-state index is 12.6. The number of ether oxygens (including phenoxy) is 1. The second-order valence-electron chi connectivity index (χ2n) is 6.91. The second-order valence-corrected chi connectivity index (χ2v) is 6.91. The van der Waals surface area contributed by atoms with Gasteiger partial charge in [0.1, 0.15) is 16.9 Å². The fourth-order valence-electron chi connectivity index (χ4n) is 3.30. The van der Waals surface area contributed by atoms with Crippen molar-refractivity contribution in [3.8, 4) is 5.75 Å². The summed E-state index contributed by atoms with van der Waals surface area (Å²) < 4.78 is 11.7. The molecule has 138 valence electrons. The van der Waals surface area contributed by atoms with Gasteiger partial charge in [-0.2, -0.15) is 0 Å².